The number of benzene rings is 1. The molecule has 2 rings (SSSR count). The van der Waals surface area contributed by atoms with E-state index in [-0.39, 0.29) is 23.8 Å². The number of carbonyl (C=O) groups is 1. The molecule has 19 heavy (non-hydrogen) atoms. The molecule has 0 bridgehead atoms. The van der Waals surface area contributed by atoms with Gasteiger partial charge < -0.3 is 11.1 Å². The normalized spacial score (nSPS) is 21.3. The Morgan fingerprint density at radius 2 is 2.21 bits per heavy atom. The summed E-state index contributed by atoms with van der Waals surface area (Å²) in [6.45, 7) is 3.91. The van der Waals surface area contributed by atoms with Crippen LogP contribution in [0.4, 0.5) is 4.39 Å². The van der Waals surface area contributed by atoms with Crippen LogP contribution in [0.25, 0.3) is 0 Å². The summed E-state index contributed by atoms with van der Waals surface area (Å²) in [5.74, 6) is -0.292. The average Bonchev–Trinajstić information content (AvgIpc) is 2.75. The van der Waals surface area contributed by atoms with Crippen LogP contribution in [0.5, 0.6) is 0 Å². The molecular formula is C14H20FN3O. The van der Waals surface area contributed by atoms with Gasteiger partial charge >= 0.3 is 0 Å². The van der Waals surface area contributed by atoms with E-state index in [0.717, 1.165) is 25.1 Å². The monoisotopic (exact) mass is 265 g/mol. The number of carbonyl (C=O) groups excluding carboxylic acids is 1. The third-order valence-corrected chi connectivity index (χ3v) is 3.42. The summed E-state index contributed by atoms with van der Waals surface area (Å²) >= 11 is 0. The van der Waals surface area contributed by atoms with Gasteiger partial charge in [-0.2, -0.15) is 0 Å². The summed E-state index contributed by atoms with van der Waals surface area (Å²) in [5.41, 5.74) is 6.69. The lowest BCUT2D eigenvalue weighted by Crippen LogP contribution is -2.38. The topological polar surface area (TPSA) is 58.4 Å². The highest BCUT2D eigenvalue weighted by Gasteiger charge is 2.21. The zero-order valence-electron chi connectivity index (χ0n) is 11.1. The van der Waals surface area contributed by atoms with Gasteiger partial charge in [0.2, 0.25) is 5.91 Å². The van der Waals surface area contributed by atoms with Crippen molar-refractivity contribution in [1.82, 2.24) is 10.2 Å². The molecule has 1 aliphatic heterocycles. The maximum absolute atomic E-state index is 12.8. The molecule has 0 spiro atoms. The SMILES string of the molecule is CC(NC(=O)CN1CCC(N)C1)c1ccc(F)cc1. The highest BCUT2D eigenvalue weighted by Crippen LogP contribution is 2.13. The number of nitrogens with two attached hydrogens (primary N) is 1. The second-order valence-electron chi connectivity index (χ2n) is 5.12. The summed E-state index contributed by atoms with van der Waals surface area (Å²) in [6.07, 6.45) is 0.945. The van der Waals surface area contributed by atoms with Gasteiger partial charge in [0.1, 0.15) is 5.82 Å². The van der Waals surface area contributed by atoms with E-state index in [1.165, 1.54) is 12.1 Å². The molecule has 104 valence electrons. The van der Waals surface area contributed by atoms with E-state index in [9.17, 15) is 9.18 Å². The minimum atomic E-state index is -0.270. The van der Waals surface area contributed by atoms with E-state index in [1.54, 1.807) is 12.1 Å². The van der Waals surface area contributed by atoms with Gasteiger partial charge in [0.15, 0.2) is 0 Å². The van der Waals surface area contributed by atoms with Gasteiger partial charge in [-0.15, -0.1) is 0 Å². The first-order valence-electron chi connectivity index (χ1n) is 6.57. The third-order valence-electron chi connectivity index (χ3n) is 3.42. The van der Waals surface area contributed by atoms with Crippen molar-refractivity contribution in [2.24, 2.45) is 5.73 Å². The number of hydrogen-bond donors (Lipinski definition) is 2. The zero-order valence-corrected chi connectivity index (χ0v) is 11.1. The van der Waals surface area contributed by atoms with Crippen LogP contribution in [0, 0.1) is 5.82 Å². The smallest absolute Gasteiger partial charge is 0.234 e. The minimum Gasteiger partial charge on any atom is -0.348 e. The van der Waals surface area contributed by atoms with Gasteiger partial charge in [0, 0.05) is 19.1 Å². The van der Waals surface area contributed by atoms with Gasteiger partial charge in [-0.1, -0.05) is 12.1 Å². The molecule has 2 atom stereocenters. The minimum absolute atomic E-state index is 0.0223. The molecule has 1 aliphatic rings. The van der Waals surface area contributed by atoms with E-state index < -0.39 is 0 Å². The Balaban J connectivity index is 1.83. The number of likely N-dealkylation sites (tertiary alicyclic amines) is 1. The van der Waals surface area contributed by atoms with Crippen molar-refractivity contribution in [3.8, 4) is 0 Å². The lowest BCUT2D eigenvalue weighted by Gasteiger charge is -2.18. The van der Waals surface area contributed by atoms with Crippen LogP contribution < -0.4 is 11.1 Å². The highest BCUT2D eigenvalue weighted by atomic mass is 19.1. The number of hydrogen-bond acceptors (Lipinski definition) is 3. The van der Waals surface area contributed by atoms with Crippen LogP contribution in [0.1, 0.15) is 24.9 Å². The fourth-order valence-corrected chi connectivity index (χ4v) is 2.33. The molecule has 4 nitrogen and oxygen atoms in total. The Bertz CT molecular complexity index is 435. The highest BCUT2D eigenvalue weighted by molar-refractivity contribution is 5.78. The molecule has 1 aromatic rings. The predicted molar refractivity (Wildman–Crippen MR) is 72.0 cm³/mol. The lowest BCUT2D eigenvalue weighted by atomic mass is 10.1. The summed E-state index contributed by atoms with van der Waals surface area (Å²) < 4.78 is 12.8. The predicted octanol–water partition coefficient (Wildman–Crippen LogP) is 1.04. The fourth-order valence-electron chi connectivity index (χ4n) is 2.33. The Morgan fingerprint density at radius 3 is 2.79 bits per heavy atom. The molecule has 1 saturated heterocycles. The summed E-state index contributed by atoms with van der Waals surface area (Å²) in [4.78, 5) is 13.9. The van der Waals surface area contributed by atoms with Crippen molar-refractivity contribution in [1.29, 1.82) is 0 Å². The van der Waals surface area contributed by atoms with E-state index in [2.05, 4.69) is 10.2 Å². The number of rotatable bonds is 4. The van der Waals surface area contributed by atoms with Gasteiger partial charge in [0.25, 0.3) is 0 Å². The number of nitrogens with zero attached hydrogens (tertiary/aromatic N) is 1. The maximum Gasteiger partial charge on any atom is 0.234 e. The van der Waals surface area contributed by atoms with Crippen LogP contribution in [0.3, 0.4) is 0 Å². The second kappa shape index (κ2) is 6.12. The summed E-state index contributed by atoms with van der Waals surface area (Å²) in [6, 6.07) is 6.24. The van der Waals surface area contributed by atoms with Crippen molar-refractivity contribution >= 4 is 5.91 Å². The largest absolute Gasteiger partial charge is 0.348 e. The summed E-state index contributed by atoms with van der Waals surface area (Å²) in [5, 5.41) is 2.91. The quantitative estimate of drug-likeness (QED) is 0.855. The number of nitrogens with one attached hydrogen (secondary N) is 1. The lowest BCUT2D eigenvalue weighted by molar-refractivity contribution is -0.122. The van der Waals surface area contributed by atoms with Crippen molar-refractivity contribution < 1.29 is 9.18 Å². The molecule has 3 N–H and O–H groups in total. The maximum atomic E-state index is 12.8. The third kappa shape index (κ3) is 4.01. The standard InChI is InChI=1S/C14H20FN3O/c1-10(11-2-4-12(15)5-3-11)17-14(19)9-18-7-6-13(16)8-18/h2-5,10,13H,6-9,16H2,1H3,(H,17,19). The van der Waals surface area contributed by atoms with Crippen molar-refractivity contribution in [3.63, 3.8) is 0 Å². The molecule has 2 unspecified atom stereocenters. The molecule has 1 heterocycles. The van der Waals surface area contributed by atoms with Crippen LogP contribution in [0.15, 0.2) is 24.3 Å². The Kier molecular flexibility index (Phi) is 4.50. The Hall–Kier alpha value is -1.46. The average molecular weight is 265 g/mol. The summed E-state index contributed by atoms with van der Waals surface area (Å²) in [7, 11) is 0. The molecular weight excluding hydrogens is 245 g/mol. The molecule has 5 heteroatoms. The first kappa shape index (κ1) is 14.0. The molecule has 1 fully saturated rings. The van der Waals surface area contributed by atoms with E-state index >= 15 is 0 Å². The van der Waals surface area contributed by atoms with Crippen LogP contribution in [-0.4, -0.2) is 36.5 Å². The Morgan fingerprint density at radius 1 is 1.53 bits per heavy atom. The first-order valence-corrected chi connectivity index (χ1v) is 6.57. The van der Waals surface area contributed by atoms with Gasteiger partial charge in [0.05, 0.1) is 12.6 Å². The van der Waals surface area contributed by atoms with Crippen molar-refractivity contribution in [3.05, 3.63) is 35.6 Å². The van der Waals surface area contributed by atoms with E-state index in [4.69, 9.17) is 5.73 Å². The van der Waals surface area contributed by atoms with Gasteiger partial charge in [-0.05, 0) is 31.0 Å². The van der Waals surface area contributed by atoms with Gasteiger partial charge in [-0.3, -0.25) is 9.69 Å². The van der Waals surface area contributed by atoms with Gasteiger partial charge in [-0.25, -0.2) is 4.39 Å². The Labute approximate surface area is 112 Å². The van der Waals surface area contributed by atoms with Crippen LogP contribution in [0.2, 0.25) is 0 Å². The zero-order chi connectivity index (χ0) is 13.8. The van der Waals surface area contributed by atoms with E-state index in [0.29, 0.717) is 6.54 Å². The molecule has 0 aliphatic carbocycles. The van der Waals surface area contributed by atoms with Crippen LogP contribution >= 0.6 is 0 Å². The second-order valence-corrected chi connectivity index (χ2v) is 5.12. The number of halogens is 1. The first-order chi connectivity index (χ1) is 9.04. The molecule has 1 amide bonds. The number of amides is 1. The van der Waals surface area contributed by atoms with Crippen molar-refractivity contribution in [2.75, 3.05) is 19.6 Å². The molecule has 0 aromatic heterocycles. The van der Waals surface area contributed by atoms with Crippen molar-refractivity contribution in [2.45, 2.75) is 25.4 Å². The molecule has 0 radical (unpaired) electrons. The molecule has 1 aromatic carbocycles. The fraction of sp³-hybridized carbons (Fsp3) is 0.500. The van der Waals surface area contributed by atoms with Crippen LogP contribution in [-0.2, 0) is 4.79 Å². The van der Waals surface area contributed by atoms with E-state index in [1.807, 2.05) is 6.92 Å². The molecule has 0 saturated carbocycles.